The molecule has 1 fully saturated rings. The van der Waals surface area contributed by atoms with Crippen LogP contribution in [0.15, 0.2) is 18.7 Å². The fourth-order valence-electron chi connectivity index (χ4n) is 2.16. The lowest BCUT2D eigenvalue weighted by Crippen LogP contribution is -2.27. The van der Waals surface area contributed by atoms with Crippen LogP contribution in [-0.2, 0) is 6.42 Å². The summed E-state index contributed by atoms with van der Waals surface area (Å²) in [5, 5.41) is 0. The van der Waals surface area contributed by atoms with Gasteiger partial charge in [0.05, 0.1) is 0 Å². The lowest BCUT2D eigenvalue weighted by molar-refractivity contribution is 0.324. The molecule has 1 aliphatic carbocycles. The van der Waals surface area contributed by atoms with Crippen molar-refractivity contribution in [2.75, 3.05) is 0 Å². The molecule has 1 aromatic heterocycles. The Labute approximate surface area is 84.8 Å². The summed E-state index contributed by atoms with van der Waals surface area (Å²) in [5.74, 6) is 0.792. The van der Waals surface area contributed by atoms with Crippen molar-refractivity contribution in [1.29, 1.82) is 0 Å². The largest absolute Gasteiger partial charge is 0.328 e. The second-order valence-corrected chi connectivity index (χ2v) is 4.23. The summed E-state index contributed by atoms with van der Waals surface area (Å²) in [4.78, 5) is 8.06. The fourth-order valence-corrected chi connectivity index (χ4v) is 2.16. The maximum absolute atomic E-state index is 5.87. The Morgan fingerprint density at radius 3 is 2.43 bits per heavy atom. The molecule has 0 atom stereocenters. The highest BCUT2D eigenvalue weighted by Gasteiger charge is 2.18. The predicted molar refractivity (Wildman–Crippen MR) is 55.7 cm³/mol. The quantitative estimate of drug-likeness (QED) is 0.771. The average Bonchev–Trinajstić information content (AvgIpc) is 2.23. The normalized spacial score (nSPS) is 27.5. The van der Waals surface area contributed by atoms with E-state index in [4.69, 9.17) is 5.73 Å². The van der Waals surface area contributed by atoms with Gasteiger partial charge in [-0.15, -0.1) is 0 Å². The summed E-state index contributed by atoms with van der Waals surface area (Å²) in [7, 11) is 0. The van der Waals surface area contributed by atoms with Crippen LogP contribution < -0.4 is 5.73 Å². The smallest absolute Gasteiger partial charge is 0.115 e. The summed E-state index contributed by atoms with van der Waals surface area (Å²) < 4.78 is 0. The number of nitrogens with two attached hydrogens (primary N) is 1. The van der Waals surface area contributed by atoms with Crippen LogP contribution in [-0.4, -0.2) is 16.0 Å². The molecule has 2 rings (SSSR count). The Hall–Kier alpha value is -0.960. The number of hydrogen-bond donors (Lipinski definition) is 1. The van der Waals surface area contributed by atoms with Gasteiger partial charge in [-0.05, 0) is 43.6 Å². The van der Waals surface area contributed by atoms with Gasteiger partial charge in [-0.25, -0.2) is 9.97 Å². The molecule has 0 saturated heterocycles. The maximum Gasteiger partial charge on any atom is 0.115 e. The van der Waals surface area contributed by atoms with Crippen LogP contribution >= 0.6 is 0 Å². The van der Waals surface area contributed by atoms with Gasteiger partial charge in [0.25, 0.3) is 0 Å². The molecule has 0 aromatic carbocycles. The minimum absolute atomic E-state index is 0.443. The third-order valence-electron chi connectivity index (χ3n) is 3.03. The molecular formula is C11H17N3. The van der Waals surface area contributed by atoms with Crippen molar-refractivity contribution < 1.29 is 0 Å². The van der Waals surface area contributed by atoms with Gasteiger partial charge >= 0.3 is 0 Å². The van der Waals surface area contributed by atoms with E-state index in [9.17, 15) is 0 Å². The molecular weight excluding hydrogens is 174 g/mol. The Bertz CT molecular complexity index is 265. The third kappa shape index (κ3) is 2.51. The van der Waals surface area contributed by atoms with E-state index < -0.39 is 0 Å². The molecule has 2 N–H and O–H groups in total. The van der Waals surface area contributed by atoms with Gasteiger partial charge in [-0.2, -0.15) is 0 Å². The summed E-state index contributed by atoms with van der Waals surface area (Å²) in [6.45, 7) is 0. The van der Waals surface area contributed by atoms with E-state index in [0.29, 0.717) is 6.04 Å². The van der Waals surface area contributed by atoms with Crippen LogP contribution in [0, 0.1) is 5.92 Å². The zero-order valence-electron chi connectivity index (χ0n) is 8.39. The Kier molecular flexibility index (Phi) is 3.09. The molecule has 0 spiro atoms. The van der Waals surface area contributed by atoms with Crippen molar-refractivity contribution in [3.05, 3.63) is 24.3 Å². The van der Waals surface area contributed by atoms with Crippen molar-refractivity contribution in [2.45, 2.75) is 38.1 Å². The number of hydrogen-bond acceptors (Lipinski definition) is 3. The zero-order chi connectivity index (χ0) is 9.80. The summed E-state index contributed by atoms with van der Waals surface area (Å²) in [6.07, 6.45) is 11.4. The third-order valence-corrected chi connectivity index (χ3v) is 3.03. The summed E-state index contributed by atoms with van der Waals surface area (Å²) >= 11 is 0. The van der Waals surface area contributed by atoms with Crippen LogP contribution in [0.5, 0.6) is 0 Å². The minimum atomic E-state index is 0.443. The SMILES string of the molecule is NC1CCC(Cc2cncnc2)CC1. The van der Waals surface area contributed by atoms with Gasteiger partial charge < -0.3 is 5.73 Å². The number of rotatable bonds is 2. The van der Waals surface area contributed by atoms with E-state index in [2.05, 4.69) is 9.97 Å². The Morgan fingerprint density at radius 2 is 1.79 bits per heavy atom. The molecule has 1 aliphatic rings. The molecule has 1 saturated carbocycles. The summed E-state index contributed by atoms with van der Waals surface area (Å²) in [5.41, 5.74) is 7.12. The van der Waals surface area contributed by atoms with Crippen molar-refractivity contribution in [3.8, 4) is 0 Å². The lowest BCUT2D eigenvalue weighted by Gasteiger charge is -2.25. The highest BCUT2D eigenvalue weighted by Crippen LogP contribution is 2.25. The fraction of sp³-hybridized carbons (Fsp3) is 0.636. The van der Waals surface area contributed by atoms with Gasteiger partial charge in [0, 0.05) is 18.4 Å². The van der Waals surface area contributed by atoms with Gasteiger partial charge in [0.15, 0.2) is 0 Å². The van der Waals surface area contributed by atoms with Crippen LogP contribution in [0.25, 0.3) is 0 Å². The second kappa shape index (κ2) is 4.51. The van der Waals surface area contributed by atoms with Gasteiger partial charge in [-0.1, -0.05) is 0 Å². The molecule has 3 heteroatoms. The van der Waals surface area contributed by atoms with E-state index in [-0.39, 0.29) is 0 Å². The van der Waals surface area contributed by atoms with Gasteiger partial charge in [-0.3, -0.25) is 0 Å². The molecule has 0 radical (unpaired) electrons. The van der Waals surface area contributed by atoms with Gasteiger partial charge in [0.1, 0.15) is 6.33 Å². The van der Waals surface area contributed by atoms with E-state index >= 15 is 0 Å². The molecule has 0 unspecified atom stereocenters. The van der Waals surface area contributed by atoms with Crippen LogP contribution in [0.3, 0.4) is 0 Å². The molecule has 0 aliphatic heterocycles. The first-order valence-electron chi connectivity index (χ1n) is 5.34. The second-order valence-electron chi connectivity index (χ2n) is 4.23. The van der Waals surface area contributed by atoms with Crippen molar-refractivity contribution in [3.63, 3.8) is 0 Å². The molecule has 14 heavy (non-hydrogen) atoms. The van der Waals surface area contributed by atoms with E-state index in [0.717, 1.165) is 12.3 Å². The van der Waals surface area contributed by atoms with E-state index in [1.807, 2.05) is 12.4 Å². The number of aromatic nitrogens is 2. The topological polar surface area (TPSA) is 51.8 Å². The highest BCUT2D eigenvalue weighted by molar-refractivity contribution is 5.03. The Morgan fingerprint density at radius 1 is 1.14 bits per heavy atom. The summed E-state index contributed by atoms with van der Waals surface area (Å²) in [6, 6.07) is 0.443. The molecule has 0 amide bonds. The maximum atomic E-state index is 5.87. The minimum Gasteiger partial charge on any atom is -0.328 e. The average molecular weight is 191 g/mol. The molecule has 1 aromatic rings. The molecule has 76 valence electrons. The van der Waals surface area contributed by atoms with Gasteiger partial charge in [0.2, 0.25) is 0 Å². The molecule has 0 bridgehead atoms. The number of nitrogens with zero attached hydrogens (tertiary/aromatic N) is 2. The van der Waals surface area contributed by atoms with Crippen LogP contribution in [0.4, 0.5) is 0 Å². The predicted octanol–water partition coefficient (Wildman–Crippen LogP) is 1.54. The van der Waals surface area contributed by atoms with Crippen molar-refractivity contribution >= 4 is 0 Å². The van der Waals surface area contributed by atoms with Crippen LogP contribution in [0.1, 0.15) is 31.2 Å². The monoisotopic (exact) mass is 191 g/mol. The first-order valence-corrected chi connectivity index (χ1v) is 5.34. The first kappa shape index (κ1) is 9.59. The standard InChI is InChI=1S/C11H17N3/c12-11-3-1-9(2-4-11)5-10-6-13-8-14-7-10/h6-9,11H,1-5,12H2. The van der Waals surface area contributed by atoms with Crippen LogP contribution in [0.2, 0.25) is 0 Å². The van der Waals surface area contributed by atoms with Crippen molar-refractivity contribution in [1.82, 2.24) is 9.97 Å². The zero-order valence-corrected chi connectivity index (χ0v) is 8.39. The highest BCUT2D eigenvalue weighted by atomic mass is 14.8. The Balaban J connectivity index is 1.87. The lowest BCUT2D eigenvalue weighted by atomic mass is 9.83. The van der Waals surface area contributed by atoms with E-state index in [1.165, 1.54) is 31.2 Å². The van der Waals surface area contributed by atoms with Crippen molar-refractivity contribution in [2.24, 2.45) is 11.7 Å². The molecule has 1 heterocycles. The van der Waals surface area contributed by atoms with E-state index in [1.54, 1.807) is 6.33 Å². The first-order chi connectivity index (χ1) is 6.84. The molecule has 3 nitrogen and oxygen atoms in total.